The zero-order valence-corrected chi connectivity index (χ0v) is 13.3. The van der Waals surface area contributed by atoms with Crippen LogP contribution in [0, 0.1) is 0 Å². The summed E-state index contributed by atoms with van der Waals surface area (Å²) >= 11 is 11.9. The van der Waals surface area contributed by atoms with Crippen molar-refractivity contribution >= 4 is 29.2 Å². The molecule has 1 atom stereocenters. The molecular weight excluding hydrogens is 327 g/mol. The number of hydrogen-bond donors (Lipinski definition) is 1. The van der Waals surface area contributed by atoms with E-state index < -0.39 is 12.1 Å². The average molecular weight is 341 g/mol. The number of carboxylic acid groups (broad SMARTS) is 1. The number of methoxy groups -OCH3 is 1. The highest BCUT2D eigenvalue weighted by molar-refractivity contribution is 6.35. The van der Waals surface area contributed by atoms with Crippen LogP contribution in [0.4, 0.5) is 0 Å². The van der Waals surface area contributed by atoms with Crippen molar-refractivity contribution in [1.29, 1.82) is 0 Å². The Morgan fingerprint density at radius 2 is 1.77 bits per heavy atom. The lowest BCUT2D eigenvalue weighted by Crippen LogP contribution is -2.29. The molecule has 116 valence electrons. The number of carboxylic acids is 1. The zero-order chi connectivity index (χ0) is 16.1. The molecule has 1 unspecified atom stereocenters. The van der Waals surface area contributed by atoms with Crippen LogP contribution >= 0.6 is 23.2 Å². The molecule has 2 aromatic rings. The van der Waals surface area contributed by atoms with Crippen molar-refractivity contribution in [3.05, 3.63) is 58.1 Å². The fourth-order valence-corrected chi connectivity index (χ4v) is 2.37. The maximum atomic E-state index is 11.4. The topological polar surface area (TPSA) is 55.8 Å². The number of rotatable bonds is 6. The summed E-state index contributed by atoms with van der Waals surface area (Å²) in [5.41, 5.74) is 0.659. The van der Waals surface area contributed by atoms with Crippen molar-refractivity contribution in [2.24, 2.45) is 0 Å². The first-order valence-electron chi connectivity index (χ1n) is 6.47. The molecule has 0 aliphatic carbocycles. The molecule has 0 saturated carbocycles. The molecule has 0 spiro atoms. The zero-order valence-electron chi connectivity index (χ0n) is 11.8. The molecule has 4 nitrogen and oxygen atoms in total. The van der Waals surface area contributed by atoms with Gasteiger partial charge in [0.25, 0.3) is 0 Å². The normalized spacial score (nSPS) is 11.8. The second-order valence-corrected chi connectivity index (χ2v) is 5.40. The number of ether oxygens (including phenoxy) is 2. The van der Waals surface area contributed by atoms with Gasteiger partial charge < -0.3 is 14.6 Å². The van der Waals surface area contributed by atoms with Crippen molar-refractivity contribution in [1.82, 2.24) is 0 Å². The van der Waals surface area contributed by atoms with Crippen molar-refractivity contribution in [3.8, 4) is 11.5 Å². The Morgan fingerprint density at radius 1 is 1.14 bits per heavy atom. The third-order valence-electron chi connectivity index (χ3n) is 3.03. The van der Waals surface area contributed by atoms with Gasteiger partial charge in [-0.2, -0.15) is 0 Å². The van der Waals surface area contributed by atoms with E-state index in [9.17, 15) is 9.90 Å². The first-order valence-corrected chi connectivity index (χ1v) is 7.22. The molecule has 0 radical (unpaired) electrons. The third kappa shape index (κ3) is 4.29. The van der Waals surface area contributed by atoms with Gasteiger partial charge in [0.2, 0.25) is 0 Å². The van der Waals surface area contributed by atoms with Crippen LogP contribution in [0.1, 0.15) is 5.56 Å². The quantitative estimate of drug-likeness (QED) is 0.860. The first kappa shape index (κ1) is 16.5. The van der Waals surface area contributed by atoms with Gasteiger partial charge in [-0.15, -0.1) is 0 Å². The number of aliphatic carboxylic acids is 1. The molecule has 22 heavy (non-hydrogen) atoms. The Bertz CT molecular complexity index is 656. The maximum Gasteiger partial charge on any atom is 0.345 e. The Labute approximate surface area is 138 Å². The minimum atomic E-state index is -1.07. The monoisotopic (exact) mass is 340 g/mol. The van der Waals surface area contributed by atoms with E-state index >= 15 is 0 Å². The van der Waals surface area contributed by atoms with Gasteiger partial charge in [0, 0.05) is 16.5 Å². The van der Waals surface area contributed by atoms with Crippen LogP contribution in [-0.2, 0) is 11.2 Å². The lowest BCUT2D eigenvalue weighted by Gasteiger charge is -2.16. The molecular formula is C16H14Cl2O4. The standard InChI is InChI=1S/C16H14Cl2O4/c1-21-12-4-6-13(7-5-12)22-15(16(19)20)8-10-2-3-11(17)9-14(10)18/h2-7,9,15H,8H2,1H3,(H,19,20). The molecule has 2 rings (SSSR count). The van der Waals surface area contributed by atoms with E-state index in [-0.39, 0.29) is 6.42 Å². The van der Waals surface area contributed by atoms with Gasteiger partial charge in [-0.3, -0.25) is 0 Å². The van der Waals surface area contributed by atoms with Crippen LogP contribution in [-0.4, -0.2) is 24.3 Å². The molecule has 0 amide bonds. The van der Waals surface area contributed by atoms with Gasteiger partial charge in [-0.1, -0.05) is 29.3 Å². The lowest BCUT2D eigenvalue weighted by molar-refractivity contribution is -0.145. The highest BCUT2D eigenvalue weighted by atomic mass is 35.5. The van der Waals surface area contributed by atoms with E-state index in [4.69, 9.17) is 32.7 Å². The molecule has 1 N–H and O–H groups in total. The molecule has 0 fully saturated rings. The second kappa shape index (κ2) is 7.38. The van der Waals surface area contributed by atoms with E-state index in [1.807, 2.05) is 0 Å². The molecule has 6 heteroatoms. The number of hydrogen-bond acceptors (Lipinski definition) is 3. The Morgan fingerprint density at radius 3 is 2.32 bits per heavy atom. The van der Waals surface area contributed by atoms with Gasteiger partial charge >= 0.3 is 5.97 Å². The average Bonchev–Trinajstić information content (AvgIpc) is 2.49. The van der Waals surface area contributed by atoms with Crippen molar-refractivity contribution in [2.75, 3.05) is 7.11 Å². The SMILES string of the molecule is COc1ccc(OC(Cc2ccc(Cl)cc2Cl)C(=O)O)cc1. The Balaban J connectivity index is 2.14. The smallest absolute Gasteiger partial charge is 0.345 e. The second-order valence-electron chi connectivity index (χ2n) is 4.56. The predicted molar refractivity (Wildman–Crippen MR) is 85.2 cm³/mol. The molecule has 0 aliphatic rings. The van der Waals surface area contributed by atoms with E-state index in [1.54, 1.807) is 49.6 Å². The van der Waals surface area contributed by atoms with Gasteiger partial charge in [0.05, 0.1) is 7.11 Å². The molecule has 0 heterocycles. The Hall–Kier alpha value is -1.91. The lowest BCUT2D eigenvalue weighted by atomic mass is 10.1. The van der Waals surface area contributed by atoms with E-state index in [0.717, 1.165) is 0 Å². The Kier molecular flexibility index (Phi) is 5.52. The van der Waals surface area contributed by atoms with Gasteiger partial charge in [-0.25, -0.2) is 4.79 Å². The van der Waals surface area contributed by atoms with Crippen LogP contribution in [0.25, 0.3) is 0 Å². The van der Waals surface area contributed by atoms with Crippen LogP contribution in [0.5, 0.6) is 11.5 Å². The highest BCUT2D eigenvalue weighted by Gasteiger charge is 2.21. The van der Waals surface area contributed by atoms with E-state index in [0.29, 0.717) is 27.1 Å². The highest BCUT2D eigenvalue weighted by Crippen LogP contribution is 2.24. The summed E-state index contributed by atoms with van der Waals surface area (Å²) < 4.78 is 10.6. The van der Waals surface area contributed by atoms with Crippen molar-refractivity contribution in [2.45, 2.75) is 12.5 Å². The molecule has 0 bridgehead atoms. The molecule has 0 saturated heterocycles. The number of benzene rings is 2. The van der Waals surface area contributed by atoms with Gasteiger partial charge in [0.1, 0.15) is 11.5 Å². The van der Waals surface area contributed by atoms with Crippen molar-refractivity contribution in [3.63, 3.8) is 0 Å². The number of carbonyl (C=O) groups is 1. The summed E-state index contributed by atoms with van der Waals surface area (Å²) in [5.74, 6) is 0.0418. The minimum Gasteiger partial charge on any atom is -0.497 e. The number of halogens is 2. The summed E-state index contributed by atoms with van der Waals surface area (Å²) in [6.07, 6.45) is -0.913. The van der Waals surface area contributed by atoms with Gasteiger partial charge in [0.15, 0.2) is 6.10 Å². The predicted octanol–water partition coefficient (Wildman–Crippen LogP) is 4.08. The van der Waals surface area contributed by atoms with Crippen LogP contribution in [0.3, 0.4) is 0 Å². The van der Waals surface area contributed by atoms with Crippen molar-refractivity contribution < 1.29 is 19.4 Å². The summed E-state index contributed by atoms with van der Waals surface area (Å²) in [4.78, 5) is 11.4. The molecule has 2 aromatic carbocycles. The molecule has 0 aliphatic heterocycles. The summed E-state index contributed by atoms with van der Waals surface area (Å²) in [6, 6.07) is 11.6. The fourth-order valence-electron chi connectivity index (χ4n) is 1.88. The first-order chi connectivity index (χ1) is 10.5. The summed E-state index contributed by atoms with van der Waals surface area (Å²) in [5, 5.41) is 10.2. The van der Waals surface area contributed by atoms with Gasteiger partial charge in [-0.05, 0) is 42.0 Å². The van der Waals surface area contributed by atoms with Crippen LogP contribution in [0.15, 0.2) is 42.5 Å². The fraction of sp³-hybridized carbons (Fsp3) is 0.188. The molecule has 0 aromatic heterocycles. The van der Waals surface area contributed by atoms with Crippen LogP contribution < -0.4 is 9.47 Å². The van der Waals surface area contributed by atoms with E-state index in [2.05, 4.69) is 0 Å². The largest absolute Gasteiger partial charge is 0.497 e. The summed E-state index contributed by atoms with van der Waals surface area (Å²) in [6.45, 7) is 0. The maximum absolute atomic E-state index is 11.4. The third-order valence-corrected chi connectivity index (χ3v) is 3.62. The van der Waals surface area contributed by atoms with E-state index in [1.165, 1.54) is 0 Å². The van der Waals surface area contributed by atoms with Crippen LogP contribution in [0.2, 0.25) is 10.0 Å². The summed E-state index contributed by atoms with van der Waals surface area (Å²) in [7, 11) is 1.55. The minimum absolute atomic E-state index is 0.136.